The molecule has 21 heavy (non-hydrogen) atoms. The number of nitrogens with one attached hydrogen (secondary N) is 1. The summed E-state index contributed by atoms with van der Waals surface area (Å²) in [5.74, 6) is -0.431. The number of para-hydroxylation sites is 1. The molecule has 1 aromatic carbocycles. The quantitative estimate of drug-likeness (QED) is 0.848. The van der Waals surface area contributed by atoms with Crippen LogP contribution in [-0.4, -0.2) is 42.5 Å². The minimum atomic E-state index is -0.318. The lowest BCUT2D eigenvalue weighted by atomic mass is 10.2. The number of hydrogen-bond donors (Lipinski definition) is 1. The summed E-state index contributed by atoms with van der Waals surface area (Å²) in [6.07, 6.45) is 1.63. The van der Waals surface area contributed by atoms with Gasteiger partial charge in [0, 0.05) is 0 Å². The van der Waals surface area contributed by atoms with E-state index in [9.17, 15) is 9.59 Å². The summed E-state index contributed by atoms with van der Waals surface area (Å²) in [5, 5.41) is 3.26. The predicted octanol–water partition coefficient (Wildman–Crippen LogP) is 2.31. The Morgan fingerprint density at radius 2 is 2.19 bits per heavy atom. The van der Waals surface area contributed by atoms with Crippen molar-refractivity contribution < 1.29 is 14.3 Å². The van der Waals surface area contributed by atoms with Crippen molar-refractivity contribution in [3.05, 3.63) is 29.3 Å². The highest BCUT2D eigenvalue weighted by Crippen LogP contribution is 2.21. The Hall–Kier alpha value is -1.59. The van der Waals surface area contributed by atoms with Crippen molar-refractivity contribution >= 4 is 29.2 Å². The molecule has 114 valence electrons. The van der Waals surface area contributed by atoms with Gasteiger partial charge in [-0.3, -0.25) is 14.5 Å². The van der Waals surface area contributed by atoms with Crippen molar-refractivity contribution in [3.63, 3.8) is 0 Å². The molecule has 1 heterocycles. The smallest absolute Gasteiger partial charge is 0.323 e. The number of anilines is 1. The number of amides is 1. The fourth-order valence-corrected chi connectivity index (χ4v) is 2.64. The zero-order valence-electron chi connectivity index (χ0n) is 12.0. The molecule has 1 aliphatic rings. The first-order valence-electron chi connectivity index (χ1n) is 7.07. The number of carbonyl (C=O) groups is 2. The molecule has 0 spiro atoms. The highest BCUT2D eigenvalue weighted by atomic mass is 35.5. The third-order valence-electron chi connectivity index (χ3n) is 3.42. The van der Waals surface area contributed by atoms with Crippen LogP contribution in [0.4, 0.5) is 5.69 Å². The molecule has 1 fully saturated rings. The van der Waals surface area contributed by atoms with Crippen LogP contribution in [0.3, 0.4) is 0 Å². The van der Waals surface area contributed by atoms with Gasteiger partial charge >= 0.3 is 5.97 Å². The first kappa shape index (κ1) is 15.8. The van der Waals surface area contributed by atoms with Gasteiger partial charge in [0.1, 0.15) is 6.04 Å². The number of esters is 1. The molecule has 0 radical (unpaired) electrons. The number of hydrogen-bond acceptors (Lipinski definition) is 4. The van der Waals surface area contributed by atoms with Crippen LogP contribution >= 0.6 is 11.6 Å². The Bertz CT molecular complexity index is 521. The minimum absolute atomic E-state index is 0.161. The van der Waals surface area contributed by atoms with E-state index in [1.54, 1.807) is 31.2 Å². The van der Waals surface area contributed by atoms with E-state index in [0.717, 1.165) is 19.4 Å². The van der Waals surface area contributed by atoms with Gasteiger partial charge in [0.25, 0.3) is 0 Å². The van der Waals surface area contributed by atoms with Crippen LogP contribution in [0.15, 0.2) is 24.3 Å². The second kappa shape index (κ2) is 7.43. The van der Waals surface area contributed by atoms with Crippen molar-refractivity contribution in [3.8, 4) is 0 Å². The highest BCUT2D eigenvalue weighted by molar-refractivity contribution is 6.33. The summed E-state index contributed by atoms with van der Waals surface area (Å²) >= 11 is 6.00. The molecule has 0 aromatic heterocycles. The van der Waals surface area contributed by atoms with Gasteiger partial charge in [-0.1, -0.05) is 23.7 Å². The molecule has 1 aromatic rings. The highest BCUT2D eigenvalue weighted by Gasteiger charge is 2.32. The van der Waals surface area contributed by atoms with Crippen LogP contribution < -0.4 is 5.32 Å². The number of halogens is 1. The van der Waals surface area contributed by atoms with E-state index in [2.05, 4.69) is 5.32 Å². The maximum absolute atomic E-state index is 12.1. The van der Waals surface area contributed by atoms with Crippen LogP contribution in [0.1, 0.15) is 19.8 Å². The molecule has 1 N–H and O–H groups in total. The molecular weight excluding hydrogens is 292 g/mol. The standard InChI is InChI=1S/C15H19ClN2O3/c1-2-21-15(20)13-8-5-9-18(13)10-14(19)17-12-7-4-3-6-11(12)16/h3-4,6-7,13H,2,5,8-10H2,1H3,(H,17,19). The monoisotopic (exact) mass is 310 g/mol. The number of ether oxygens (including phenoxy) is 1. The van der Waals surface area contributed by atoms with E-state index < -0.39 is 0 Å². The Morgan fingerprint density at radius 3 is 2.90 bits per heavy atom. The Labute approximate surface area is 129 Å². The summed E-state index contributed by atoms with van der Waals surface area (Å²) < 4.78 is 5.04. The second-order valence-corrected chi connectivity index (χ2v) is 5.32. The molecule has 5 nitrogen and oxygen atoms in total. The maximum atomic E-state index is 12.1. The van der Waals surface area contributed by atoms with E-state index in [1.165, 1.54) is 0 Å². The third kappa shape index (κ3) is 4.19. The van der Waals surface area contributed by atoms with Crippen LogP contribution in [0, 0.1) is 0 Å². The number of benzene rings is 1. The number of rotatable bonds is 5. The predicted molar refractivity (Wildman–Crippen MR) is 81.3 cm³/mol. The SMILES string of the molecule is CCOC(=O)C1CCCN1CC(=O)Nc1ccccc1Cl. The number of carbonyl (C=O) groups excluding carboxylic acids is 2. The Morgan fingerprint density at radius 1 is 1.43 bits per heavy atom. The molecule has 0 saturated carbocycles. The second-order valence-electron chi connectivity index (χ2n) is 4.91. The van der Waals surface area contributed by atoms with Crippen molar-refractivity contribution in [1.82, 2.24) is 4.90 Å². The van der Waals surface area contributed by atoms with Crippen molar-refractivity contribution in [1.29, 1.82) is 0 Å². The first-order chi connectivity index (χ1) is 10.1. The average molecular weight is 311 g/mol. The summed E-state index contributed by atoms with van der Waals surface area (Å²) in [6.45, 7) is 3.02. The molecule has 2 rings (SSSR count). The van der Waals surface area contributed by atoms with Crippen LogP contribution in [0.2, 0.25) is 5.02 Å². The largest absolute Gasteiger partial charge is 0.465 e. The lowest BCUT2D eigenvalue weighted by molar-refractivity contribution is -0.148. The molecule has 0 bridgehead atoms. The van der Waals surface area contributed by atoms with Crippen molar-refractivity contribution in [2.75, 3.05) is 25.0 Å². The summed E-state index contributed by atoms with van der Waals surface area (Å²) in [7, 11) is 0. The van der Waals surface area contributed by atoms with Gasteiger partial charge in [0.15, 0.2) is 0 Å². The van der Waals surface area contributed by atoms with Crippen LogP contribution in [0.25, 0.3) is 0 Å². The Balaban J connectivity index is 1.93. The Kier molecular flexibility index (Phi) is 5.59. The lowest BCUT2D eigenvalue weighted by Gasteiger charge is -2.22. The molecule has 1 atom stereocenters. The average Bonchev–Trinajstić information content (AvgIpc) is 2.90. The van der Waals surface area contributed by atoms with Crippen LogP contribution in [-0.2, 0) is 14.3 Å². The molecule has 1 saturated heterocycles. The zero-order chi connectivity index (χ0) is 15.2. The molecule has 6 heteroatoms. The third-order valence-corrected chi connectivity index (χ3v) is 3.75. The van der Waals surface area contributed by atoms with E-state index in [-0.39, 0.29) is 24.5 Å². The first-order valence-corrected chi connectivity index (χ1v) is 7.44. The van der Waals surface area contributed by atoms with E-state index in [1.807, 2.05) is 4.90 Å². The fourth-order valence-electron chi connectivity index (χ4n) is 2.46. The molecule has 0 aliphatic carbocycles. The zero-order valence-corrected chi connectivity index (χ0v) is 12.7. The molecular formula is C15H19ClN2O3. The van der Waals surface area contributed by atoms with Gasteiger partial charge < -0.3 is 10.1 Å². The van der Waals surface area contributed by atoms with E-state index >= 15 is 0 Å². The summed E-state index contributed by atoms with van der Waals surface area (Å²) in [5.41, 5.74) is 0.580. The summed E-state index contributed by atoms with van der Waals surface area (Å²) in [6, 6.07) is 6.75. The van der Waals surface area contributed by atoms with Gasteiger partial charge in [0.05, 0.1) is 23.9 Å². The van der Waals surface area contributed by atoms with E-state index in [0.29, 0.717) is 17.3 Å². The summed E-state index contributed by atoms with van der Waals surface area (Å²) in [4.78, 5) is 25.8. The molecule has 1 amide bonds. The van der Waals surface area contributed by atoms with Gasteiger partial charge in [-0.25, -0.2) is 0 Å². The normalized spacial score (nSPS) is 18.5. The van der Waals surface area contributed by atoms with Gasteiger partial charge in [-0.05, 0) is 38.4 Å². The maximum Gasteiger partial charge on any atom is 0.323 e. The minimum Gasteiger partial charge on any atom is -0.465 e. The topological polar surface area (TPSA) is 58.6 Å². The van der Waals surface area contributed by atoms with Crippen molar-refractivity contribution in [2.45, 2.75) is 25.8 Å². The fraction of sp³-hybridized carbons (Fsp3) is 0.467. The van der Waals surface area contributed by atoms with E-state index in [4.69, 9.17) is 16.3 Å². The lowest BCUT2D eigenvalue weighted by Crippen LogP contribution is -2.41. The van der Waals surface area contributed by atoms with Crippen LogP contribution in [0.5, 0.6) is 0 Å². The van der Waals surface area contributed by atoms with Gasteiger partial charge in [-0.2, -0.15) is 0 Å². The van der Waals surface area contributed by atoms with Gasteiger partial charge in [0.2, 0.25) is 5.91 Å². The molecule has 1 aliphatic heterocycles. The van der Waals surface area contributed by atoms with Gasteiger partial charge in [-0.15, -0.1) is 0 Å². The molecule has 1 unspecified atom stereocenters. The number of nitrogens with zero attached hydrogens (tertiary/aromatic N) is 1. The van der Waals surface area contributed by atoms with Crippen molar-refractivity contribution in [2.24, 2.45) is 0 Å². The number of likely N-dealkylation sites (tertiary alicyclic amines) is 1.